The van der Waals surface area contributed by atoms with Gasteiger partial charge in [-0.05, 0) is 55.8 Å². The number of thiazole rings is 1. The molecule has 7 heteroatoms. The number of amides is 1. The van der Waals surface area contributed by atoms with Gasteiger partial charge in [0.05, 0.1) is 22.5 Å². The minimum atomic E-state index is -0.417. The number of benzene rings is 2. The molecule has 0 aliphatic rings. The van der Waals surface area contributed by atoms with Crippen LogP contribution in [0.15, 0.2) is 59.7 Å². The fraction of sp³-hybridized carbons (Fsp3) is 0.100. The van der Waals surface area contributed by atoms with Gasteiger partial charge in [-0.2, -0.15) is 5.10 Å². The largest absolute Gasteiger partial charge is 0.423 e. The van der Waals surface area contributed by atoms with Crippen molar-refractivity contribution >= 4 is 29.4 Å². The highest BCUT2D eigenvalue weighted by Gasteiger charge is 2.12. The molecule has 0 aliphatic carbocycles. The molecule has 1 amide bonds. The molecule has 1 aromatic heterocycles. The average molecular weight is 379 g/mol. The Morgan fingerprint density at radius 1 is 1.07 bits per heavy atom. The van der Waals surface area contributed by atoms with Gasteiger partial charge in [0.1, 0.15) is 10.6 Å². The van der Waals surface area contributed by atoms with Gasteiger partial charge in [-0.25, -0.2) is 15.2 Å². The smallest absolute Gasteiger partial charge is 0.343 e. The van der Waals surface area contributed by atoms with Crippen LogP contribution >= 0.6 is 11.3 Å². The summed E-state index contributed by atoms with van der Waals surface area (Å²) in [6.45, 7) is 3.64. The highest BCUT2D eigenvalue weighted by Crippen LogP contribution is 2.17. The van der Waals surface area contributed by atoms with E-state index in [0.29, 0.717) is 21.9 Å². The highest BCUT2D eigenvalue weighted by atomic mass is 32.1. The SMILES string of the molecule is Cc1nc(C)c(C(=O)N/N=C/c2ccc(OC(=O)c3ccccc3)cc2)s1. The van der Waals surface area contributed by atoms with E-state index in [1.807, 2.05) is 13.0 Å². The number of aryl methyl sites for hydroxylation is 2. The summed E-state index contributed by atoms with van der Waals surface area (Å²) in [7, 11) is 0. The van der Waals surface area contributed by atoms with Crippen molar-refractivity contribution in [2.24, 2.45) is 5.10 Å². The number of rotatable bonds is 5. The highest BCUT2D eigenvalue weighted by molar-refractivity contribution is 7.13. The molecule has 1 heterocycles. The fourth-order valence-corrected chi connectivity index (χ4v) is 3.13. The van der Waals surface area contributed by atoms with Crippen molar-refractivity contribution in [3.05, 3.63) is 81.3 Å². The third kappa shape index (κ3) is 4.86. The van der Waals surface area contributed by atoms with Gasteiger partial charge in [0, 0.05) is 0 Å². The van der Waals surface area contributed by atoms with Crippen LogP contribution in [0.1, 0.15) is 36.3 Å². The second kappa shape index (κ2) is 8.37. The van der Waals surface area contributed by atoms with E-state index in [-0.39, 0.29) is 5.91 Å². The van der Waals surface area contributed by atoms with Crippen LogP contribution in [0.25, 0.3) is 0 Å². The third-order valence-electron chi connectivity index (χ3n) is 3.59. The zero-order valence-corrected chi connectivity index (χ0v) is 15.6. The summed E-state index contributed by atoms with van der Waals surface area (Å²) in [5.41, 5.74) is 4.42. The zero-order valence-electron chi connectivity index (χ0n) is 14.8. The van der Waals surface area contributed by atoms with Crippen LogP contribution in [0.3, 0.4) is 0 Å². The molecule has 0 spiro atoms. The molecule has 1 N–H and O–H groups in total. The standard InChI is InChI=1S/C20H17N3O3S/c1-13-18(27-14(2)22-13)19(24)23-21-12-15-8-10-17(11-9-15)26-20(25)16-6-4-3-5-7-16/h3-12H,1-2H3,(H,23,24)/b21-12+. The number of hydrogen-bond acceptors (Lipinski definition) is 6. The van der Waals surface area contributed by atoms with Crippen molar-refractivity contribution in [3.8, 4) is 5.75 Å². The Labute approximate surface area is 160 Å². The molecule has 136 valence electrons. The molecule has 2 aromatic carbocycles. The number of ether oxygens (including phenoxy) is 1. The fourth-order valence-electron chi connectivity index (χ4n) is 2.32. The first-order valence-corrected chi connectivity index (χ1v) is 8.99. The average Bonchev–Trinajstić information content (AvgIpc) is 3.02. The Bertz CT molecular complexity index is 979. The molecule has 0 aliphatic heterocycles. The van der Waals surface area contributed by atoms with Crippen LogP contribution in [0.5, 0.6) is 5.75 Å². The Balaban J connectivity index is 1.57. The first-order chi connectivity index (χ1) is 13.0. The quantitative estimate of drug-likeness (QED) is 0.317. The topological polar surface area (TPSA) is 80.7 Å². The minimum absolute atomic E-state index is 0.289. The number of hydrazone groups is 1. The van der Waals surface area contributed by atoms with E-state index in [2.05, 4.69) is 15.5 Å². The van der Waals surface area contributed by atoms with Gasteiger partial charge >= 0.3 is 5.97 Å². The van der Waals surface area contributed by atoms with Crippen LogP contribution in [-0.4, -0.2) is 23.1 Å². The number of aromatic nitrogens is 1. The first-order valence-electron chi connectivity index (χ1n) is 8.17. The predicted molar refractivity (Wildman–Crippen MR) is 104 cm³/mol. The Kier molecular flexibility index (Phi) is 5.73. The lowest BCUT2D eigenvalue weighted by Gasteiger charge is -2.04. The monoisotopic (exact) mass is 379 g/mol. The molecule has 0 radical (unpaired) electrons. The molecule has 0 atom stereocenters. The van der Waals surface area contributed by atoms with Gasteiger partial charge in [-0.1, -0.05) is 18.2 Å². The van der Waals surface area contributed by atoms with Gasteiger partial charge in [0.25, 0.3) is 5.91 Å². The van der Waals surface area contributed by atoms with Crippen LogP contribution in [0.2, 0.25) is 0 Å². The molecule has 0 unspecified atom stereocenters. The van der Waals surface area contributed by atoms with E-state index in [9.17, 15) is 9.59 Å². The van der Waals surface area contributed by atoms with E-state index in [1.54, 1.807) is 55.5 Å². The van der Waals surface area contributed by atoms with Crippen molar-refractivity contribution in [2.45, 2.75) is 13.8 Å². The van der Waals surface area contributed by atoms with Crippen LogP contribution in [0.4, 0.5) is 0 Å². The van der Waals surface area contributed by atoms with Crippen LogP contribution in [-0.2, 0) is 0 Å². The molecule has 6 nitrogen and oxygen atoms in total. The molecular formula is C20H17N3O3S. The summed E-state index contributed by atoms with van der Waals surface area (Å²) in [6, 6.07) is 15.6. The number of nitrogens with zero attached hydrogens (tertiary/aromatic N) is 2. The van der Waals surface area contributed by atoms with Crippen molar-refractivity contribution < 1.29 is 14.3 Å². The van der Waals surface area contributed by atoms with Crippen molar-refractivity contribution in [1.82, 2.24) is 10.4 Å². The Hall–Kier alpha value is -3.32. The number of hydrogen-bond donors (Lipinski definition) is 1. The molecule has 3 aromatic rings. The minimum Gasteiger partial charge on any atom is -0.423 e. The second-order valence-corrected chi connectivity index (χ2v) is 6.87. The molecule has 0 saturated heterocycles. The van der Waals surface area contributed by atoms with Gasteiger partial charge in [0.2, 0.25) is 0 Å². The lowest BCUT2D eigenvalue weighted by atomic mass is 10.2. The van der Waals surface area contributed by atoms with E-state index in [1.165, 1.54) is 17.6 Å². The lowest BCUT2D eigenvalue weighted by molar-refractivity contribution is 0.0734. The maximum atomic E-state index is 12.1. The summed E-state index contributed by atoms with van der Waals surface area (Å²) in [5.74, 6) is -0.275. The number of nitrogens with one attached hydrogen (secondary N) is 1. The van der Waals surface area contributed by atoms with Gasteiger partial charge < -0.3 is 4.74 Å². The van der Waals surface area contributed by atoms with E-state index < -0.39 is 5.97 Å². The molecule has 27 heavy (non-hydrogen) atoms. The maximum absolute atomic E-state index is 12.1. The summed E-state index contributed by atoms with van der Waals surface area (Å²) < 4.78 is 5.31. The predicted octanol–water partition coefficient (Wildman–Crippen LogP) is 3.74. The van der Waals surface area contributed by atoms with Crippen LogP contribution in [0, 0.1) is 13.8 Å². The number of esters is 1. The summed E-state index contributed by atoms with van der Waals surface area (Å²) in [5, 5.41) is 4.79. The Morgan fingerprint density at radius 3 is 2.41 bits per heavy atom. The summed E-state index contributed by atoms with van der Waals surface area (Å²) in [4.78, 5) is 28.8. The molecular weight excluding hydrogens is 362 g/mol. The van der Waals surface area contributed by atoms with Gasteiger partial charge in [-0.15, -0.1) is 11.3 Å². The zero-order chi connectivity index (χ0) is 19.2. The van der Waals surface area contributed by atoms with E-state index >= 15 is 0 Å². The molecule has 0 fully saturated rings. The Morgan fingerprint density at radius 2 is 1.78 bits per heavy atom. The van der Waals surface area contributed by atoms with Crippen molar-refractivity contribution in [3.63, 3.8) is 0 Å². The van der Waals surface area contributed by atoms with Crippen molar-refractivity contribution in [1.29, 1.82) is 0 Å². The maximum Gasteiger partial charge on any atom is 0.343 e. The summed E-state index contributed by atoms with van der Waals surface area (Å²) in [6.07, 6.45) is 1.52. The van der Waals surface area contributed by atoms with Gasteiger partial charge in [0.15, 0.2) is 0 Å². The number of carbonyl (C=O) groups excluding carboxylic acids is 2. The van der Waals surface area contributed by atoms with E-state index in [0.717, 1.165) is 10.6 Å². The molecule has 3 rings (SSSR count). The molecule has 0 saturated carbocycles. The molecule has 0 bridgehead atoms. The normalized spacial score (nSPS) is 10.7. The van der Waals surface area contributed by atoms with E-state index in [4.69, 9.17) is 4.74 Å². The third-order valence-corrected chi connectivity index (χ3v) is 4.66. The first kappa shape index (κ1) is 18.5. The van der Waals surface area contributed by atoms with Crippen molar-refractivity contribution in [2.75, 3.05) is 0 Å². The summed E-state index contributed by atoms with van der Waals surface area (Å²) >= 11 is 1.33. The number of carbonyl (C=O) groups is 2. The second-order valence-electron chi connectivity index (χ2n) is 5.67. The van der Waals surface area contributed by atoms with Crippen LogP contribution < -0.4 is 10.2 Å². The van der Waals surface area contributed by atoms with Gasteiger partial charge in [-0.3, -0.25) is 4.79 Å². The lowest BCUT2D eigenvalue weighted by Crippen LogP contribution is -2.17.